The molecule has 0 aliphatic carbocycles. The summed E-state index contributed by atoms with van der Waals surface area (Å²) in [6.45, 7) is 10.3. The van der Waals surface area contributed by atoms with Crippen LogP contribution in [0.3, 0.4) is 0 Å². The highest BCUT2D eigenvalue weighted by Crippen LogP contribution is 2.10. The van der Waals surface area contributed by atoms with E-state index in [0.717, 1.165) is 17.6 Å². The van der Waals surface area contributed by atoms with Crippen molar-refractivity contribution in [2.24, 2.45) is 13.0 Å². The van der Waals surface area contributed by atoms with E-state index in [9.17, 15) is 0 Å². The highest BCUT2D eigenvalue weighted by molar-refractivity contribution is 5.57. The van der Waals surface area contributed by atoms with Gasteiger partial charge in [0.05, 0.1) is 5.35 Å². The molecule has 110 valence electrons. The lowest BCUT2D eigenvalue weighted by atomic mass is 10.0. The molecular formula is C17H27N3. The second kappa shape index (κ2) is 7.13. The Morgan fingerprint density at radius 1 is 1.40 bits per heavy atom. The van der Waals surface area contributed by atoms with Crippen molar-refractivity contribution in [1.29, 1.82) is 0 Å². The van der Waals surface area contributed by atoms with E-state index in [0.29, 0.717) is 5.92 Å². The van der Waals surface area contributed by atoms with Gasteiger partial charge in [0.15, 0.2) is 0 Å². The Hall–Kier alpha value is -1.77. The molecule has 0 spiro atoms. The van der Waals surface area contributed by atoms with Gasteiger partial charge in [0, 0.05) is 33.8 Å². The minimum atomic E-state index is 0.451. The Morgan fingerprint density at radius 3 is 2.50 bits per heavy atom. The predicted octanol–water partition coefficient (Wildman–Crippen LogP) is 1.83. The molecule has 0 saturated heterocycles. The lowest BCUT2D eigenvalue weighted by Crippen LogP contribution is -2.34. The molecule has 0 unspecified atom stereocenters. The molecule has 0 bridgehead atoms. The summed E-state index contributed by atoms with van der Waals surface area (Å²) < 4.78 is 2.19. The molecule has 0 aliphatic heterocycles. The molecule has 0 amide bonds. The van der Waals surface area contributed by atoms with Crippen LogP contribution >= 0.6 is 0 Å². The minimum absolute atomic E-state index is 0.451. The number of hydrogen-bond donors (Lipinski definition) is 0. The average molecular weight is 273 g/mol. The monoisotopic (exact) mass is 273 g/mol. The van der Waals surface area contributed by atoms with Gasteiger partial charge in [-0.05, 0) is 18.4 Å². The van der Waals surface area contributed by atoms with Gasteiger partial charge in [0.25, 0.3) is 0 Å². The lowest BCUT2D eigenvalue weighted by molar-refractivity contribution is 0.612. The largest absolute Gasteiger partial charge is 0.382 e. The summed E-state index contributed by atoms with van der Waals surface area (Å²) in [6.07, 6.45) is 9.04. The fourth-order valence-electron chi connectivity index (χ4n) is 2.28. The first-order valence-corrected chi connectivity index (χ1v) is 7.10. The van der Waals surface area contributed by atoms with Gasteiger partial charge in [-0.3, -0.25) is 0 Å². The Kier molecular flexibility index (Phi) is 5.81. The van der Waals surface area contributed by atoms with Crippen molar-refractivity contribution in [3.05, 3.63) is 41.3 Å². The number of nitrogens with zero attached hydrogens (tertiary/aromatic N) is 3. The number of rotatable bonds is 5. The summed E-state index contributed by atoms with van der Waals surface area (Å²) in [4.78, 5) is 6.80. The van der Waals surface area contributed by atoms with E-state index in [1.165, 1.54) is 10.9 Å². The Labute approximate surface area is 122 Å². The second-order valence-corrected chi connectivity index (χ2v) is 5.52. The molecule has 1 heterocycles. The Balaban J connectivity index is 3.82. The quantitative estimate of drug-likeness (QED) is 0.763. The van der Waals surface area contributed by atoms with E-state index in [1.54, 1.807) is 0 Å². The van der Waals surface area contributed by atoms with Gasteiger partial charge in [-0.25, -0.2) is 4.98 Å². The van der Waals surface area contributed by atoms with Crippen molar-refractivity contribution in [2.75, 3.05) is 14.1 Å². The first-order valence-electron chi connectivity index (χ1n) is 7.10. The first kappa shape index (κ1) is 16.3. The highest BCUT2D eigenvalue weighted by atomic mass is 15.1. The number of imidazole rings is 1. The number of allylic oxidation sites excluding steroid dienone is 3. The van der Waals surface area contributed by atoms with E-state index >= 15 is 0 Å². The molecule has 1 rings (SSSR count). The fraction of sp³-hybridized carbons (Fsp3) is 0.471. The number of hydrogen-bond acceptors (Lipinski definition) is 2. The van der Waals surface area contributed by atoms with Crippen molar-refractivity contribution in [1.82, 2.24) is 14.5 Å². The van der Waals surface area contributed by atoms with E-state index in [4.69, 9.17) is 4.98 Å². The van der Waals surface area contributed by atoms with Crippen LogP contribution < -0.4 is 10.7 Å². The standard InChI is InChI=1S/C17H27N3/c1-8-10-14(13(3)4)17-15(12-19(5)6)18-16(11-9-2)20(17)7/h8-10,12-13H,2,11H2,1,3-7H3/b10-8-,15-12+,17-14+. The molecule has 0 fully saturated rings. The van der Waals surface area contributed by atoms with Gasteiger partial charge < -0.3 is 9.47 Å². The maximum atomic E-state index is 4.76. The molecule has 0 saturated carbocycles. The minimum Gasteiger partial charge on any atom is -0.382 e. The molecule has 0 radical (unpaired) electrons. The molecule has 1 aromatic heterocycles. The van der Waals surface area contributed by atoms with E-state index < -0.39 is 0 Å². The average Bonchev–Trinajstić information content (AvgIpc) is 2.63. The van der Waals surface area contributed by atoms with Crippen LogP contribution in [0, 0.1) is 5.92 Å². The van der Waals surface area contributed by atoms with Gasteiger partial charge in [-0.1, -0.05) is 32.1 Å². The van der Waals surface area contributed by atoms with Gasteiger partial charge in [-0.2, -0.15) is 0 Å². The Bertz CT molecular complexity index is 601. The van der Waals surface area contributed by atoms with Crippen molar-refractivity contribution < 1.29 is 0 Å². The third kappa shape index (κ3) is 3.62. The molecule has 0 atom stereocenters. The van der Waals surface area contributed by atoms with Crippen LogP contribution in [0.15, 0.2) is 24.8 Å². The van der Waals surface area contributed by atoms with E-state index in [1.807, 2.05) is 25.1 Å². The van der Waals surface area contributed by atoms with Gasteiger partial charge in [-0.15, -0.1) is 6.58 Å². The second-order valence-electron chi connectivity index (χ2n) is 5.52. The summed E-state index contributed by atoms with van der Waals surface area (Å²) >= 11 is 0. The smallest absolute Gasteiger partial charge is 0.113 e. The fourth-order valence-corrected chi connectivity index (χ4v) is 2.28. The zero-order valence-corrected chi connectivity index (χ0v) is 13.6. The molecule has 3 nitrogen and oxygen atoms in total. The molecule has 3 heteroatoms. The third-order valence-electron chi connectivity index (χ3n) is 3.16. The van der Waals surface area contributed by atoms with Crippen molar-refractivity contribution in [2.45, 2.75) is 27.2 Å². The molecule has 0 aromatic carbocycles. The molecule has 0 N–H and O–H groups in total. The topological polar surface area (TPSA) is 21.1 Å². The van der Waals surface area contributed by atoms with Crippen LogP contribution in [-0.4, -0.2) is 28.5 Å². The van der Waals surface area contributed by atoms with Gasteiger partial charge >= 0.3 is 0 Å². The normalized spacial score (nSPS) is 14.2. The predicted molar refractivity (Wildman–Crippen MR) is 87.6 cm³/mol. The zero-order valence-electron chi connectivity index (χ0n) is 13.6. The number of aromatic nitrogens is 2. The zero-order chi connectivity index (χ0) is 15.3. The van der Waals surface area contributed by atoms with Crippen LogP contribution in [0.25, 0.3) is 11.8 Å². The van der Waals surface area contributed by atoms with Crippen LogP contribution in [-0.2, 0) is 13.5 Å². The summed E-state index contributed by atoms with van der Waals surface area (Å²) in [5.74, 6) is 1.50. The van der Waals surface area contributed by atoms with Crippen LogP contribution in [0.4, 0.5) is 0 Å². The van der Waals surface area contributed by atoms with Crippen molar-refractivity contribution in [3.8, 4) is 0 Å². The van der Waals surface area contributed by atoms with Crippen LogP contribution in [0.1, 0.15) is 26.6 Å². The van der Waals surface area contributed by atoms with E-state index in [-0.39, 0.29) is 0 Å². The maximum Gasteiger partial charge on any atom is 0.113 e. The molecule has 1 aromatic rings. The van der Waals surface area contributed by atoms with Crippen LogP contribution in [0.5, 0.6) is 0 Å². The first-order chi connectivity index (χ1) is 9.42. The summed E-state index contributed by atoms with van der Waals surface area (Å²) in [5, 5.41) is 2.22. The van der Waals surface area contributed by atoms with Gasteiger partial charge in [0.2, 0.25) is 0 Å². The maximum absolute atomic E-state index is 4.76. The summed E-state index contributed by atoms with van der Waals surface area (Å²) in [5.41, 5.74) is 1.31. The molecular weight excluding hydrogens is 246 g/mol. The Morgan fingerprint density at radius 2 is 2.05 bits per heavy atom. The van der Waals surface area contributed by atoms with Crippen molar-refractivity contribution in [3.63, 3.8) is 0 Å². The molecule has 20 heavy (non-hydrogen) atoms. The summed E-state index contributed by atoms with van der Waals surface area (Å²) in [6, 6.07) is 0. The highest BCUT2D eigenvalue weighted by Gasteiger charge is 2.09. The lowest BCUT2D eigenvalue weighted by Gasteiger charge is -2.08. The van der Waals surface area contributed by atoms with Crippen molar-refractivity contribution >= 4 is 11.8 Å². The SMILES string of the molecule is C=CCc1nc(=C/N(C)C)/c(=C(/C=C\C)C(C)C)n1C. The van der Waals surface area contributed by atoms with E-state index in [2.05, 4.69) is 57.3 Å². The molecule has 0 aliphatic rings. The van der Waals surface area contributed by atoms with Gasteiger partial charge in [0.1, 0.15) is 11.2 Å². The summed E-state index contributed by atoms with van der Waals surface area (Å²) in [7, 11) is 6.13. The third-order valence-corrected chi connectivity index (χ3v) is 3.16. The van der Waals surface area contributed by atoms with Crippen LogP contribution in [0.2, 0.25) is 0 Å².